The molecule has 0 bridgehead atoms. The maximum Gasteiger partial charge on any atom is 0.0453 e. The molecule has 0 aliphatic carbocycles. The second-order valence-corrected chi connectivity index (χ2v) is 6.87. The predicted octanol–water partition coefficient (Wildman–Crippen LogP) is 3.86. The first-order valence-corrected chi connectivity index (χ1v) is 8.13. The monoisotopic (exact) mass is 294 g/mol. The van der Waals surface area contributed by atoms with Crippen LogP contribution < -0.4 is 5.32 Å². The lowest BCUT2D eigenvalue weighted by molar-refractivity contribution is 0.248. The quantitative estimate of drug-likeness (QED) is 0.907. The van der Waals surface area contributed by atoms with Crippen LogP contribution >= 0.6 is 11.6 Å². The SMILES string of the molecule is Cc1ccc(CN2CCCNC(CC(C)C)C2)c(Cl)c1. The van der Waals surface area contributed by atoms with Gasteiger partial charge in [-0.3, -0.25) is 4.90 Å². The summed E-state index contributed by atoms with van der Waals surface area (Å²) >= 11 is 6.37. The van der Waals surface area contributed by atoms with Crippen molar-refractivity contribution < 1.29 is 0 Å². The highest BCUT2D eigenvalue weighted by molar-refractivity contribution is 6.31. The van der Waals surface area contributed by atoms with Crippen LogP contribution in [0.4, 0.5) is 0 Å². The van der Waals surface area contributed by atoms with E-state index in [0.717, 1.165) is 37.1 Å². The van der Waals surface area contributed by atoms with Gasteiger partial charge in [0.05, 0.1) is 0 Å². The molecule has 1 N–H and O–H groups in total. The van der Waals surface area contributed by atoms with E-state index in [1.165, 1.54) is 24.0 Å². The van der Waals surface area contributed by atoms with Gasteiger partial charge in [-0.1, -0.05) is 37.6 Å². The van der Waals surface area contributed by atoms with E-state index in [1.807, 2.05) is 0 Å². The minimum Gasteiger partial charge on any atom is -0.313 e. The molecular weight excluding hydrogens is 268 g/mol. The highest BCUT2D eigenvalue weighted by Crippen LogP contribution is 2.20. The standard InChI is InChI=1S/C17H27ClN2/c1-13(2)9-16-12-20(8-4-7-19-16)11-15-6-5-14(3)10-17(15)18/h5-6,10,13,16,19H,4,7-9,11-12H2,1-3H3. The highest BCUT2D eigenvalue weighted by Gasteiger charge is 2.19. The van der Waals surface area contributed by atoms with E-state index in [-0.39, 0.29) is 0 Å². The molecule has 20 heavy (non-hydrogen) atoms. The average Bonchev–Trinajstić information content (AvgIpc) is 2.57. The van der Waals surface area contributed by atoms with Crippen molar-refractivity contribution in [2.75, 3.05) is 19.6 Å². The van der Waals surface area contributed by atoms with Crippen LogP contribution in [0.3, 0.4) is 0 Å². The third-order valence-corrected chi connectivity index (χ3v) is 4.27. The topological polar surface area (TPSA) is 15.3 Å². The van der Waals surface area contributed by atoms with Crippen LogP contribution in [0, 0.1) is 12.8 Å². The molecule has 2 rings (SSSR count). The number of nitrogens with zero attached hydrogens (tertiary/aromatic N) is 1. The van der Waals surface area contributed by atoms with Crippen molar-refractivity contribution in [3.05, 3.63) is 34.3 Å². The van der Waals surface area contributed by atoms with E-state index in [9.17, 15) is 0 Å². The molecule has 1 fully saturated rings. The summed E-state index contributed by atoms with van der Waals surface area (Å²) in [5.74, 6) is 0.746. The molecule has 0 aromatic heterocycles. The summed E-state index contributed by atoms with van der Waals surface area (Å²) in [7, 11) is 0. The van der Waals surface area contributed by atoms with Crippen molar-refractivity contribution in [3.63, 3.8) is 0 Å². The first-order chi connectivity index (χ1) is 9.54. The Morgan fingerprint density at radius 3 is 2.90 bits per heavy atom. The Balaban J connectivity index is 1.99. The molecule has 0 amide bonds. The fourth-order valence-corrected chi connectivity index (χ4v) is 3.26. The summed E-state index contributed by atoms with van der Waals surface area (Å²) in [4.78, 5) is 2.55. The maximum absolute atomic E-state index is 6.37. The predicted molar refractivity (Wildman–Crippen MR) is 87.3 cm³/mol. The van der Waals surface area contributed by atoms with Crippen LogP contribution in [0.1, 0.15) is 37.8 Å². The van der Waals surface area contributed by atoms with Gasteiger partial charge >= 0.3 is 0 Å². The summed E-state index contributed by atoms with van der Waals surface area (Å²) in [6.45, 7) is 11.1. The van der Waals surface area contributed by atoms with Gasteiger partial charge in [0.1, 0.15) is 0 Å². The molecule has 1 atom stereocenters. The lowest BCUT2D eigenvalue weighted by Gasteiger charge is -2.26. The molecule has 3 heteroatoms. The Bertz CT molecular complexity index is 431. The van der Waals surface area contributed by atoms with E-state index in [2.05, 4.69) is 49.2 Å². The molecular formula is C17H27ClN2. The van der Waals surface area contributed by atoms with Crippen molar-refractivity contribution >= 4 is 11.6 Å². The lowest BCUT2D eigenvalue weighted by atomic mass is 10.0. The molecule has 0 radical (unpaired) electrons. The highest BCUT2D eigenvalue weighted by atomic mass is 35.5. The number of hydrogen-bond acceptors (Lipinski definition) is 2. The van der Waals surface area contributed by atoms with Crippen molar-refractivity contribution in [1.82, 2.24) is 10.2 Å². The number of benzene rings is 1. The molecule has 0 saturated carbocycles. The molecule has 1 aliphatic heterocycles. The Hall–Kier alpha value is -0.570. The van der Waals surface area contributed by atoms with Crippen LogP contribution in [0.5, 0.6) is 0 Å². The van der Waals surface area contributed by atoms with Crippen LogP contribution in [0.25, 0.3) is 0 Å². The number of aryl methyl sites for hydroxylation is 1. The maximum atomic E-state index is 6.37. The van der Waals surface area contributed by atoms with Gasteiger partial charge < -0.3 is 5.32 Å². The molecule has 112 valence electrons. The largest absolute Gasteiger partial charge is 0.313 e. The van der Waals surface area contributed by atoms with Gasteiger partial charge in [0, 0.05) is 24.2 Å². The molecule has 1 aromatic carbocycles. The molecule has 2 nitrogen and oxygen atoms in total. The van der Waals surface area contributed by atoms with Gasteiger partial charge in [-0.2, -0.15) is 0 Å². The zero-order valence-corrected chi connectivity index (χ0v) is 13.7. The zero-order chi connectivity index (χ0) is 14.5. The van der Waals surface area contributed by atoms with E-state index in [0.29, 0.717) is 6.04 Å². The first-order valence-electron chi connectivity index (χ1n) is 7.75. The van der Waals surface area contributed by atoms with Gasteiger partial charge in [-0.25, -0.2) is 0 Å². The van der Waals surface area contributed by atoms with E-state index in [4.69, 9.17) is 11.6 Å². The zero-order valence-electron chi connectivity index (χ0n) is 13.0. The van der Waals surface area contributed by atoms with Crippen molar-refractivity contribution in [1.29, 1.82) is 0 Å². The van der Waals surface area contributed by atoms with Crippen LogP contribution in [-0.4, -0.2) is 30.6 Å². The number of rotatable bonds is 4. The summed E-state index contributed by atoms with van der Waals surface area (Å²) < 4.78 is 0. The van der Waals surface area contributed by atoms with Gasteiger partial charge in [-0.05, 0) is 56.0 Å². The van der Waals surface area contributed by atoms with E-state index < -0.39 is 0 Å². The van der Waals surface area contributed by atoms with Crippen molar-refractivity contribution in [2.24, 2.45) is 5.92 Å². The third kappa shape index (κ3) is 4.76. The smallest absolute Gasteiger partial charge is 0.0453 e. The summed E-state index contributed by atoms with van der Waals surface area (Å²) in [6.07, 6.45) is 2.47. The van der Waals surface area contributed by atoms with E-state index >= 15 is 0 Å². The van der Waals surface area contributed by atoms with E-state index in [1.54, 1.807) is 0 Å². The number of nitrogens with one attached hydrogen (secondary N) is 1. The normalized spacial score (nSPS) is 21.1. The van der Waals surface area contributed by atoms with Crippen LogP contribution in [0.2, 0.25) is 5.02 Å². The van der Waals surface area contributed by atoms with Gasteiger partial charge in [-0.15, -0.1) is 0 Å². The second kappa shape index (κ2) is 7.44. The van der Waals surface area contributed by atoms with Gasteiger partial charge in [0.15, 0.2) is 0 Å². The Morgan fingerprint density at radius 2 is 2.20 bits per heavy atom. The molecule has 1 aromatic rings. The number of halogens is 1. The number of hydrogen-bond donors (Lipinski definition) is 1. The van der Waals surface area contributed by atoms with Crippen LogP contribution in [0.15, 0.2) is 18.2 Å². The average molecular weight is 295 g/mol. The van der Waals surface area contributed by atoms with Crippen molar-refractivity contribution in [3.8, 4) is 0 Å². The van der Waals surface area contributed by atoms with Gasteiger partial charge in [0.2, 0.25) is 0 Å². The Morgan fingerprint density at radius 1 is 1.40 bits per heavy atom. The third-order valence-electron chi connectivity index (χ3n) is 3.92. The Kier molecular flexibility index (Phi) is 5.88. The summed E-state index contributed by atoms with van der Waals surface area (Å²) in [6, 6.07) is 7.01. The molecule has 0 spiro atoms. The molecule has 1 unspecified atom stereocenters. The fourth-order valence-electron chi connectivity index (χ4n) is 2.97. The lowest BCUT2D eigenvalue weighted by Crippen LogP contribution is -2.38. The summed E-state index contributed by atoms with van der Waals surface area (Å²) in [5.41, 5.74) is 2.48. The van der Waals surface area contributed by atoms with Gasteiger partial charge in [0.25, 0.3) is 0 Å². The first kappa shape index (κ1) is 15.8. The summed E-state index contributed by atoms with van der Waals surface area (Å²) in [5, 5.41) is 4.58. The molecule has 1 aliphatic rings. The molecule has 1 saturated heterocycles. The second-order valence-electron chi connectivity index (χ2n) is 6.46. The Labute approximate surface area is 128 Å². The minimum absolute atomic E-state index is 0.613. The minimum atomic E-state index is 0.613. The van der Waals surface area contributed by atoms with Crippen molar-refractivity contribution in [2.45, 2.75) is 46.2 Å². The fraction of sp³-hybridized carbons (Fsp3) is 0.647. The molecule has 1 heterocycles. The van der Waals surface area contributed by atoms with Crippen LogP contribution in [-0.2, 0) is 6.54 Å².